The van der Waals surface area contributed by atoms with E-state index < -0.39 is 0 Å². The number of carbonyl (C=O) groups is 1. The Morgan fingerprint density at radius 2 is 2.14 bits per heavy atom. The zero-order valence-corrected chi connectivity index (χ0v) is 13.8. The van der Waals surface area contributed by atoms with Crippen LogP contribution in [-0.4, -0.2) is 25.1 Å². The quantitative estimate of drug-likeness (QED) is 0.855. The van der Waals surface area contributed by atoms with Gasteiger partial charge >= 0.3 is 0 Å². The van der Waals surface area contributed by atoms with E-state index in [-0.39, 0.29) is 31.0 Å². The third-order valence-corrected chi connectivity index (χ3v) is 4.11. The fraction of sp³-hybridized carbons (Fsp3) is 0.500. The van der Waals surface area contributed by atoms with Crippen molar-refractivity contribution < 1.29 is 9.53 Å². The minimum absolute atomic E-state index is 0. The molecule has 2 atom stereocenters. The molecule has 0 radical (unpaired) electrons. The van der Waals surface area contributed by atoms with Gasteiger partial charge in [-0.05, 0) is 37.4 Å². The van der Waals surface area contributed by atoms with Gasteiger partial charge in [-0.3, -0.25) is 4.79 Å². The second kappa shape index (κ2) is 8.69. The van der Waals surface area contributed by atoms with Gasteiger partial charge in [0.2, 0.25) is 0 Å². The number of carbonyl (C=O) groups excluding carboxylic acids is 1. The zero-order valence-electron chi connectivity index (χ0n) is 11.5. The number of amides is 1. The Morgan fingerprint density at radius 1 is 1.38 bits per heavy atom. The van der Waals surface area contributed by atoms with Crippen LogP contribution < -0.4 is 15.8 Å². The summed E-state index contributed by atoms with van der Waals surface area (Å²) in [6.45, 7) is 0.528. The smallest absolute Gasteiger partial charge is 0.258 e. The van der Waals surface area contributed by atoms with E-state index in [1.807, 2.05) is 0 Å². The summed E-state index contributed by atoms with van der Waals surface area (Å²) < 4.78 is 5.40. The Kier molecular flexibility index (Phi) is 7.60. The van der Waals surface area contributed by atoms with Gasteiger partial charge in [-0.2, -0.15) is 0 Å². The maximum atomic E-state index is 11.9. The van der Waals surface area contributed by atoms with E-state index in [1.165, 1.54) is 0 Å². The molecule has 2 unspecified atom stereocenters. The number of nitrogens with one attached hydrogen (secondary N) is 1. The number of benzene rings is 1. The molecule has 0 saturated heterocycles. The highest BCUT2D eigenvalue weighted by atomic mass is 35.5. The summed E-state index contributed by atoms with van der Waals surface area (Å²) in [5.74, 6) is 0.621. The van der Waals surface area contributed by atoms with Crippen LogP contribution in [0.1, 0.15) is 19.3 Å². The third kappa shape index (κ3) is 5.22. The average molecular weight is 354 g/mol. The number of hydrogen-bond donors (Lipinski definition) is 2. The van der Waals surface area contributed by atoms with Crippen molar-refractivity contribution in [2.75, 3.05) is 13.2 Å². The van der Waals surface area contributed by atoms with E-state index in [0.29, 0.717) is 28.3 Å². The highest BCUT2D eigenvalue weighted by molar-refractivity contribution is 6.34. The number of hydrogen-bond acceptors (Lipinski definition) is 3. The standard InChI is InChI=1S/C14H18Cl2N2O2.ClH/c15-10-4-5-11(16)13(6-10)20-8-14(19)18-12-3-1-2-9(12)7-17;/h4-6,9,12H,1-3,7-8,17H2,(H,18,19);1H. The van der Waals surface area contributed by atoms with Crippen LogP contribution in [0.25, 0.3) is 0 Å². The lowest BCUT2D eigenvalue weighted by atomic mass is 10.0. The van der Waals surface area contributed by atoms with E-state index in [4.69, 9.17) is 33.7 Å². The van der Waals surface area contributed by atoms with Crippen LogP contribution in [0, 0.1) is 5.92 Å². The van der Waals surface area contributed by atoms with E-state index in [0.717, 1.165) is 19.3 Å². The molecule has 4 nitrogen and oxygen atoms in total. The average Bonchev–Trinajstić information content (AvgIpc) is 2.87. The van der Waals surface area contributed by atoms with Gasteiger partial charge in [0.05, 0.1) is 5.02 Å². The van der Waals surface area contributed by atoms with Crippen LogP contribution in [0.5, 0.6) is 5.75 Å². The topological polar surface area (TPSA) is 64.3 Å². The van der Waals surface area contributed by atoms with E-state index >= 15 is 0 Å². The van der Waals surface area contributed by atoms with Crippen LogP contribution in [0.15, 0.2) is 18.2 Å². The lowest BCUT2D eigenvalue weighted by molar-refractivity contribution is -0.124. The highest BCUT2D eigenvalue weighted by Gasteiger charge is 2.27. The van der Waals surface area contributed by atoms with Gasteiger partial charge in [0.15, 0.2) is 6.61 Å². The van der Waals surface area contributed by atoms with Crippen LogP contribution in [0.2, 0.25) is 10.0 Å². The fourth-order valence-electron chi connectivity index (χ4n) is 2.49. The highest BCUT2D eigenvalue weighted by Crippen LogP contribution is 2.28. The number of nitrogens with two attached hydrogens (primary N) is 1. The third-order valence-electron chi connectivity index (χ3n) is 3.56. The molecule has 0 spiro atoms. The normalized spacial score (nSPS) is 20.7. The van der Waals surface area contributed by atoms with Gasteiger partial charge in [-0.1, -0.05) is 29.6 Å². The Balaban J connectivity index is 0.00000220. The number of ether oxygens (including phenoxy) is 1. The number of halogens is 3. The van der Waals surface area contributed by atoms with Crippen molar-refractivity contribution in [3.05, 3.63) is 28.2 Å². The van der Waals surface area contributed by atoms with Gasteiger partial charge in [0.25, 0.3) is 5.91 Å². The molecule has 1 amide bonds. The van der Waals surface area contributed by atoms with E-state index in [9.17, 15) is 4.79 Å². The van der Waals surface area contributed by atoms with Gasteiger partial charge in [0.1, 0.15) is 5.75 Å². The summed E-state index contributed by atoms with van der Waals surface area (Å²) in [6.07, 6.45) is 3.15. The largest absolute Gasteiger partial charge is 0.482 e. The first kappa shape index (κ1) is 18.4. The minimum atomic E-state index is -0.161. The first-order chi connectivity index (χ1) is 9.60. The van der Waals surface area contributed by atoms with Crippen molar-refractivity contribution in [2.24, 2.45) is 11.7 Å². The summed E-state index contributed by atoms with van der Waals surface area (Å²) in [5, 5.41) is 3.91. The minimum Gasteiger partial charge on any atom is -0.482 e. The monoisotopic (exact) mass is 352 g/mol. The molecule has 1 fully saturated rings. The predicted octanol–water partition coefficient (Wildman–Crippen LogP) is 3.04. The van der Waals surface area contributed by atoms with Gasteiger partial charge in [0, 0.05) is 17.1 Å². The molecule has 1 aromatic carbocycles. The Labute approximate surface area is 140 Å². The van der Waals surface area contributed by atoms with Crippen molar-refractivity contribution in [3.8, 4) is 5.75 Å². The maximum Gasteiger partial charge on any atom is 0.258 e. The van der Waals surface area contributed by atoms with Crippen LogP contribution in [0.3, 0.4) is 0 Å². The van der Waals surface area contributed by atoms with E-state index in [2.05, 4.69) is 5.32 Å². The molecule has 21 heavy (non-hydrogen) atoms. The second-order valence-corrected chi connectivity index (χ2v) is 5.81. The van der Waals surface area contributed by atoms with Crippen molar-refractivity contribution in [3.63, 3.8) is 0 Å². The molecule has 0 heterocycles. The Morgan fingerprint density at radius 3 is 2.86 bits per heavy atom. The second-order valence-electron chi connectivity index (χ2n) is 4.96. The molecule has 1 aliphatic carbocycles. The van der Waals surface area contributed by atoms with E-state index in [1.54, 1.807) is 18.2 Å². The first-order valence-electron chi connectivity index (χ1n) is 6.67. The lowest BCUT2D eigenvalue weighted by Crippen LogP contribution is -2.42. The SMILES string of the molecule is Cl.NCC1CCCC1NC(=O)COc1cc(Cl)ccc1Cl. The van der Waals surface area contributed by atoms with Crippen molar-refractivity contribution >= 4 is 41.5 Å². The molecule has 2 rings (SSSR count). The molecule has 1 aromatic rings. The first-order valence-corrected chi connectivity index (χ1v) is 7.43. The predicted molar refractivity (Wildman–Crippen MR) is 87.5 cm³/mol. The van der Waals surface area contributed by atoms with Crippen LogP contribution in [-0.2, 0) is 4.79 Å². The fourth-order valence-corrected chi connectivity index (χ4v) is 2.82. The van der Waals surface area contributed by atoms with Crippen LogP contribution in [0.4, 0.5) is 0 Å². The number of rotatable bonds is 5. The maximum absolute atomic E-state index is 11.9. The van der Waals surface area contributed by atoms with Gasteiger partial charge < -0.3 is 15.8 Å². The summed E-state index contributed by atoms with van der Waals surface area (Å²) in [4.78, 5) is 11.9. The van der Waals surface area contributed by atoms with Crippen molar-refractivity contribution in [1.82, 2.24) is 5.32 Å². The lowest BCUT2D eigenvalue weighted by Gasteiger charge is -2.19. The molecule has 0 aromatic heterocycles. The Hall–Kier alpha value is -0.680. The molecule has 1 saturated carbocycles. The Bertz CT molecular complexity index is 485. The summed E-state index contributed by atoms with van der Waals surface area (Å²) >= 11 is 11.8. The van der Waals surface area contributed by atoms with Gasteiger partial charge in [-0.15, -0.1) is 12.4 Å². The molecule has 7 heteroatoms. The molecular formula is C14H19Cl3N2O2. The summed E-state index contributed by atoms with van der Waals surface area (Å²) in [5.41, 5.74) is 5.69. The summed E-state index contributed by atoms with van der Waals surface area (Å²) in [7, 11) is 0. The zero-order chi connectivity index (χ0) is 14.5. The molecule has 1 aliphatic rings. The van der Waals surface area contributed by atoms with Crippen LogP contribution >= 0.6 is 35.6 Å². The molecule has 0 bridgehead atoms. The summed E-state index contributed by atoms with van der Waals surface area (Å²) in [6, 6.07) is 5.06. The van der Waals surface area contributed by atoms with Crippen molar-refractivity contribution in [2.45, 2.75) is 25.3 Å². The molecule has 3 N–H and O–H groups in total. The van der Waals surface area contributed by atoms with Gasteiger partial charge in [-0.25, -0.2) is 0 Å². The molecule has 118 valence electrons. The molecule has 0 aliphatic heterocycles. The van der Waals surface area contributed by atoms with Crippen molar-refractivity contribution in [1.29, 1.82) is 0 Å². The molecular weight excluding hydrogens is 335 g/mol.